The lowest BCUT2D eigenvalue weighted by Crippen LogP contribution is -2.42. The van der Waals surface area contributed by atoms with Crippen LogP contribution in [0.2, 0.25) is 0 Å². The molecule has 2 rings (SSSR count). The largest absolute Gasteiger partial charge is 0.496 e. The standard InChI is InChI=1S/C16H22ClNO3/c1-9-6-10-7-13(20-5)11(8-12(10)21-9)14(17)15(19)18-16(2,3)4/h7-9,14H,6H2,1-5H3,(H,18,19). The number of halogens is 1. The molecule has 21 heavy (non-hydrogen) atoms. The van der Waals surface area contributed by atoms with Gasteiger partial charge >= 0.3 is 0 Å². The molecule has 1 aliphatic rings. The van der Waals surface area contributed by atoms with Crippen LogP contribution in [-0.4, -0.2) is 24.7 Å². The number of amides is 1. The highest BCUT2D eigenvalue weighted by Crippen LogP contribution is 2.39. The van der Waals surface area contributed by atoms with Crippen molar-refractivity contribution in [3.8, 4) is 11.5 Å². The van der Waals surface area contributed by atoms with Crippen molar-refractivity contribution in [2.45, 2.75) is 51.1 Å². The van der Waals surface area contributed by atoms with E-state index in [0.29, 0.717) is 11.3 Å². The van der Waals surface area contributed by atoms with E-state index in [0.717, 1.165) is 17.7 Å². The Balaban J connectivity index is 2.31. The summed E-state index contributed by atoms with van der Waals surface area (Å²) in [6.45, 7) is 7.76. The smallest absolute Gasteiger partial charge is 0.243 e. The molecule has 1 aromatic carbocycles. The maximum atomic E-state index is 12.3. The van der Waals surface area contributed by atoms with Gasteiger partial charge in [-0.15, -0.1) is 11.6 Å². The number of hydrogen-bond acceptors (Lipinski definition) is 3. The first-order valence-corrected chi connectivity index (χ1v) is 7.48. The second kappa shape index (κ2) is 5.76. The van der Waals surface area contributed by atoms with E-state index in [9.17, 15) is 4.79 Å². The molecule has 0 fully saturated rings. The van der Waals surface area contributed by atoms with Crippen LogP contribution in [0, 0.1) is 0 Å². The van der Waals surface area contributed by atoms with Crippen molar-refractivity contribution >= 4 is 17.5 Å². The van der Waals surface area contributed by atoms with Crippen molar-refractivity contribution in [2.75, 3.05) is 7.11 Å². The normalized spacial score (nSPS) is 18.7. The fraction of sp³-hybridized carbons (Fsp3) is 0.562. The Morgan fingerprint density at radius 3 is 2.71 bits per heavy atom. The van der Waals surface area contributed by atoms with Crippen LogP contribution >= 0.6 is 11.6 Å². The highest BCUT2D eigenvalue weighted by molar-refractivity contribution is 6.31. The summed E-state index contributed by atoms with van der Waals surface area (Å²) in [5.74, 6) is 1.16. The van der Waals surface area contributed by atoms with Crippen molar-refractivity contribution < 1.29 is 14.3 Å². The van der Waals surface area contributed by atoms with Gasteiger partial charge in [-0.05, 0) is 39.8 Å². The number of alkyl halides is 1. The van der Waals surface area contributed by atoms with E-state index in [1.54, 1.807) is 7.11 Å². The summed E-state index contributed by atoms with van der Waals surface area (Å²) in [5.41, 5.74) is 1.39. The van der Waals surface area contributed by atoms with E-state index >= 15 is 0 Å². The van der Waals surface area contributed by atoms with E-state index < -0.39 is 5.38 Å². The van der Waals surface area contributed by atoms with Gasteiger partial charge in [-0.2, -0.15) is 0 Å². The molecule has 1 N–H and O–H groups in total. The average Bonchev–Trinajstić information content (AvgIpc) is 2.73. The van der Waals surface area contributed by atoms with Gasteiger partial charge in [0, 0.05) is 23.1 Å². The first-order chi connectivity index (χ1) is 9.71. The fourth-order valence-electron chi connectivity index (χ4n) is 2.40. The van der Waals surface area contributed by atoms with Crippen LogP contribution in [0.4, 0.5) is 0 Å². The molecule has 1 aromatic rings. The first-order valence-electron chi connectivity index (χ1n) is 7.05. The molecule has 0 saturated heterocycles. The van der Waals surface area contributed by atoms with E-state index in [2.05, 4.69) is 5.32 Å². The Hall–Kier alpha value is -1.42. The van der Waals surface area contributed by atoms with E-state index in [1.165, 1.54) is 0 Å². The minimum atomic E-state index is -0.816. The number of carbonyl (C=O) groups is 1. The number of ether oxygens (including phenoxy) is 2. The quantitative estimate of drug-likeness (QED) is 0.872. The van der Waals surface area contributed by atoms with Gasteiger partial charge in [0.2, 0.25) is 5.91 Å². The van der Waals surface area contributed by atoms with Crippen LogP contribution in [0.1, 0.15) is 44.2 Å². The van der Waals surface area contributed by atoms with Gasteiger partial charge < -0.3 is 14.8 Å². The summed E-state index contributed by atoms with van der Waals surface area (Å²) in [4.78, 5) is 12.3. The molecule has 1 heterocycles. The molecule has 0 bridgehead atoms. The minimum Gasteiger partial charge on any atom is -0.496 e. The van der Waals surface area contributed by atoms with Crippen molar-refractivity contribution in [1.82, 2.24) is 5.32 Å². The summed E-state index contributed by atoms with van der Waals surface area (Å²) < 4.78 is 11.1. The summed E-state index contributed by atoms with van der Waals surface area (Å²) in [5, 5.41) is 2.06. The third-order valence-electron chi connectivity index (χ3n) is 3.25. The highest BCUT2D eigenvalue weighted by Gasteiger charge is 2.28. The lowest BCUT2D eigenvalue weighted by Gasteiger charge is -2.23. The average molecular weight is 312 g/mol. The van der Waals surface area contributed by atoms with Gasteiger partial charge in [-0.25, -0.2) is 0 Å². The van der Waals surface area contributed by atoms with Gasteiger partial charge in [-0.3, -0.25) is 4.79 Å². The molecule has 0 aromatic heterocycles. The Kier molecular flexibility index (Phi) is 4.38. The predicted octanol–water partition coefficient (Wildman–Crippen LogP) is 3.21. The SMILES string of the molecule is COc1cc2c(cc1C(Cl)C(=O)NC(C)(C)C)OC(C)C2. The summed E-state index contributed by atoms with van der Waals surface area (Å²) in [6, 6.07) is 3.73. The Morgan fingerprint density at radius 2 is 2.14 bits per heavy atom. The number of hydrogen-bond donors (Lipinski definition) is 1. The molecule has 4 nitrogen and oxygen atoms in total. The predicted molar refractivity (Wildman–Crippen MR) is 83.3 cm³/mol. The van der Waals surface area contributed by atoms with E-state index in [-0.39, 0.29) is 17.6 Å². The number of methoxy groups -OCH3 is 1. The maximum absolute atomic E-state index is 12.3. The van der Waals surface area contributed by atoms with E-state index in [4.69, 9.17) is 21.1 Å². The fourth-order valence-corrected chi connectivity index (χ4v) is 2.63. The van der Waals surface area contributed by atoms with Crippen molar-refractivity contribution in [2.24, 2.45) is 0 Å². The van der Waals surface area contributed by atoms with Crippen LogP contribution in [0.5, 0.6) is 11.5 Å². The molecule has 2 unspecified atom stereocenters. The third kappa shape index (κ3) is 3.62. The molecular weight excluding hydrogens is 290 g/mol. The molecule has 0 saturated carbocycles. The number of carbonyl (C=O) groups excluding carboxylic acids is 1. The highest BCUT2D eigenvalue weighted by atomic mass is 35.5. The van der Waals surface area contributed by atoms with Crippen LogP contribution in [-0.2, 0) is 11.2 Å². The van der Waals surface area contributed by atoms with Crippen LogP contribution < -0.4 is 14.8 Å². The molecule has 0 aliphatic carbocycles. The van der Waals surface area contributed by atoms with Crippen molar-refractivity contribution in [3.63, 3.8) is 0 Å². The van der Waals surface area contributed by atoms with Gasteiger partial charge in [0.1, 0.15) is 23.0 Å². The summed E-state index contributed by atoms with van der Waals surface area (Å²) >= 11 is 6.34. The molecule has 2 atom stereocenters. The van der Waals surface area contributed by atoms with Gasteiger partial charge in [0.15, 0.2) is 0 Å². The Bertz CT molecular complexity index is 551. The zero-order chi connectivity index (χ0) is 15.8. The molecular formula is C16H22ClNO3. The van der Waals surface area contributed by atoms with E-state index in [1.807, 2.05) is 39.8 Å². The number of rotatable bonds is 3. The minimum absolute atomic E-state index is 0.136. The zero-order valence-corrected chi connectivity index (χ0v) is 13.9. The third-order valence-corrected chi connectivity index (χ3v) is 3.68. The first kappa shape index (κ1) is 16.0. The van der Waals surface area contributed by atoms with Crippen molar-refractivity contribution in [1.29, 1.82) is 0 Å². The number of fused-ring (bicyclic) bond motifs is 1. The Labute approximate surface area is 130 Å². The maximum Gasteiger partial charge on any atom is 0.243 e. The second-order valence-corrected chi connectivity index (χ2v) is 6.87. The molecule has 116 valence electrons. The van der Waals surface area contributed by atoms with Gasteiger partial charge in [-0.1, -0.05) is 0 Å². The number of benzene rings is 1. The Morgan fingerprint density at radius 1 is 1.48 bits per heavy atom. The molecule has 5 heteroatoms. The molecule has 1 amide bonds. The second-order valence-electron chi connectivity index (χ2n) is 6.44. The molecule has 0 spiro atoms. The summed E-state index contributed by atoms with van der Waals surface area (Å²) in [6.07, 6.45) is 0.977. The van der Waals surface area contributed by atoms with Crippen LogP contribution in [0.25, 0.3) is 0 Å². The van der Waals surface area contributed by atoms with Gasteiger partial charge in [0.05, 0.1) is 7.11 Å². The lowest BCUT2D eigenvalue weighted by atomic mass is 10.0. The van der Waals surface area contributed by atoms with Crippen molar-refractivity contribution in [3.05, 3.63) is 23.3 Å². The zero-order valence-electron chi connectivity index (χ0n) is 13.1. The topological polar surface area (TPSA) is 47.6 Å². The summed E-state index contributed by atoms with van der Waals surface area (Å²) in [7, 11) is 1.58. The molecule has 0 radical (unpaired) electrons. The van der Waals surface area contributed by atoms with Crippen LogP contribution in [0.3, 0.4) is 0 Å². The van der Waals surface area contributed by atoms with Crippen LogP contribution in [0.15, 0.2) is 12.1 Å². The lowest BCUT2D eigenvalue weighted by molar-refractivity contribution is -0.122. The monoisotopic (exact) mass is 311 g/mol. The molecule has 1 aliphatic heterocycles. The number of nitrogens with one attached hydrogen (secondary N) is 1. The van der Waals surface area contributed by atoms with Gasteiger partial charge in [0.25, 0.3) is 0 Å².